The molecule has 1 aliphatic rings. The van der Waals surface area contributed by atoms with E-state index in [1.54, 1.807) is 7.05 Å². The zero-order valence-corrected chi connectivity index (χ0v) is 11.2. The van der Waals surface area contributed by atoms with Gasteiger partial charge in [-0.2, -0.15) is 0 Å². The average Bonchev–Trinajstić information content (AvgIpc) is 2.34. The summed E-state index contributed by atoms with van der Waals surface area (Å²) in [5.74, 6) is -0.660. The van der Waals surface area contributed by atoms with Gasteiger partial charge in [0.2, 0.25) is 0 Å². The second-order valence-corrected chi connectivity index (χ2v) is 4.24. The lowest BCUT2D eigenvalue weighted by atomic mass is 9.94. The van der Waals surface area contributed by atoms with Crippen LogP contribution in [0.4, 0.5) is 0 Å². The molecule has 0 amide bonds. The number of ether oxygens (including phenoxy) is 1. The number of nitrogens with one attached hydrogen (secondary N) is 1. The summed E-state index contributed by atoms with van der Waals surface area (Å²) in [7, 11) is 1.59. The van der Waals surface area contributed by atoms with Crippen LogP contribution in [-0.2, 0) is 14.3 Å². The minimum absolute atomic E-state index is 0.0206. The molecule has 2 atom stereocenters. The third-order valence-corrected chi connectivity index (χ3v) is 2.69. The molecule has 0 radical (unpaired) electrons. The summed E-state index contributed by atoms with van der Waals surface area (Å²) < 4.78 is 5.06. The molecule has 0 aromatic carbocycles. The molecule has 0 spiro atoms. The van der Waals surface area contributed by atoms with E-state index in [4.69, 9.17) is 14.9 Å². The van der Waals surface area contributed by atoms with Crippen LogP contribution in [0.3, 0.4) is 0 Å². The minimum Gasteiger partial charge on any atom is -0.480 e. The quantitative estimate of drug-likeness (QED) is 0.385. The number of likely N-dealkylation sites (N-methyl/N-ethyl adjacent to an activating group) is 1. The minimum atomic E-state index is -0.822. The summed E-state index contributed by atoms with van der Waals surface area (Å²) in [6.45, 7) is -0.208. The van der Waals surface area contributed by atoms with Crippen LogP contribution in [0.5, 0.6) is 0 Å². The van der Waals surface area contributed by atoms with Crippen molar-refractivity contribution in [2.75, 3.05) is 20.4 Å². The second kappa shape index (κ2) is 11.8. The molecule has 2 unspecified atom stereocenters. The first-order valence-electron chi connectivity index (χ1n) is 6.34. The first kappa shape index (κ1) is 17.8. The van der Waals surface area contributed by atoms with E-state index in [0.29, 0.717) is 0 Å². The lowest BCUT2D eigenvalue weighted by Gasteiger charge is -2.17. The van der Waals surface area contributed by atoms with Gasteiger partial charge in [0.1, 0.15) is 13.1 Å². The smallest absolute Gasteiger partial charge is 0.317 e. The lowest BCUT2D eigenvalue weighted by Crippen LogP contribution is -2.16. The summed E-state index contributed by atoms with van der Waals surface area (Å²) in [5, 5.41) is 18.9. The van der Waals surface area contributed by atoms with Crippen LogP contribution in [0.25, 0.3) is 0 Å². The summed E-state index contributed by atoms with van der Waals surface area (Å²) in [6, 6.07) is 0. The van der Waals surface area contributed by atoms with Gasteiger partial charge in [-0.15, -0.1) is 0 Å². The van der Waals surface area contributed by atoms with Gasteiger partial charge in [-0.05, 0) is 32.7 Å². The number of carbonyl (C=O) groups excluding carboxylic acids is 1. The van der Waals surface area contributed by atoms with Crippen molar-refractivity contribution in [3.8, 4) is 0 Å². The van der Waals surface area contributed by atoms with Crippen LogP contribution in [0.15, 0.2) is 12.2 Å². The molecule has 19 heavy (non-hydrogen) atoms. The molecule has 6 heteroatoms. The molecule has 1 rings (SSSR count). The zero-order valence-electron chi connectivity index (χ0n) is 11.2. The van der Waals surface area contributed by atoms with Crippen molar-refractivity contribution in [1.29, 1.82) is 0 Å². The normalized spacial score (nSPS) is 24.3. The van der Waals surface area contributed by atoms with Gasteiger partial charge in [0.25, 0.3) is 0 Å². The molecule has 110 valence electrons. The average molecular weight is 273 g/mol. The molecule has 0 saturated heterocycles. The van der Waals surface area contributed by atoms with Gasteiger partial charge in [0.15, 0.2) is 0 Å². The van der Waals surface area contributed by atoms with Crippen molar-refractivity contribution in [1.82, 2.24) is 5.32 Å². The van der Waals surface area contributed by atoms with Crippen molar-refractivity contribution in [3.05, 3.63) is 12.2 Å². The molecule has 0 aromatic heterocycles. The maximum atomic E-state index is 10.6. The lowest BCUT2D eigenvalue weighted by molar-refractivity contribution is -0.135. The van der Waals surface area contributed by atoms with E-state index in [1.807, 2.05) is 12.2 Å². The van der Waals surface area contributed by atoms with Crippen LogP contribution >= 0.6 is 0 Å². The first-order chi connectivity index (χ1) is 9.13. The zero-order chi connectivity index (χ0) is 14.5. The number of allylic oxidation sites excluding steroid dienone is 1. The van der Waals surface area contributed by atoms with Crippen LogP contribution in [0.1, 0.15) is 25.7 Å². The highest BCUT2D eigenvalue weighted by Crippen LogP contribution is 2.18. The topological polar surface area (TPSA) is 95.9 Å². The summed E-state index contributed by atoms with van der Waals surface area (Å²) in [5.41, 5.74) is 0. The number of rotatable bonds is 5. The van der Waals surface area contributed by atoms with Crippen molar-refractivity contribution < 1.29 is 24.5 Å². The molecule has 6 nitrogen and oxygen atoms in total. The predicted molar refractivity (Wildman–Crippen MR) is 70.7 cm³/mol. The molecule has 1 aliphatic carbocycles. The molecule has 0 bridgehead atoms. The fraction of sp³-hybridized carbons (Fsp3) is 0.692. The van der Waals surface area contributed by atoms with E-state index in [2.05, 4.69) is 5.32 Å². The maximum absolute atomic E-state index is 10.6. The van der Waals surface area contributed by atoms with E-state index < -0.39 is 5.97 Å². The van der Waals surface area contributed by atoms with Gasteiger partial charge in [-0.1, -0.05) is 12.2 Å². The van der Waals surface area contributed by atoms with Crippen molar-refractivity contribution in [2.24, 2.45) is 5.92 Å². The highest BCUT2D eigenvalue weighted by atomic mass is 16.6. The number of aliphatic hydroxyl groups is 1. The SMILES string of the molecule is CNCC(=O)O.O=CC1CC/C=C/C(OCO)CC1. The Balaban J connectivity index is 0.000000459. The number of aliphatic carboxylic acids is 1. The number of carbonyl (C=O) groups is 2. The van der Waals surface area contributed by atoms with Crippen LogP contribution in [0, 0.1) is 5.92 Å². The number of aldehydes is 1. The van der Waals surface area contributed by atoms with Gasteiger partial charge in [0.05, 0.1) is 12.6 Å². The number of hydrogen-bond donors (Lipinski definition) is 3. The third-order valence-electron chi connectivity index (χ3n) is 2.69. The number of carboxylic acid groups (broad SMARTS) is 1. The molecule has 0 aromatic rings. The van der Waals surface area contributed by atoms with Gasteiger partial charge >= 0.3 is 5.97 Å². The Kier molecular flexibility index (Phi) is 11.1. The molecular formula is C13H23NO5. The van der Waals surface area contributed by atoms with E-state index in [-0.39, 0.29) is 25.4 Å². The van der Waals surface area contributed by atoms with Crippen molar-refractivity contribution in [2.45, 2.75) is 31.8 Å². The molecule has 0 heterocycles. The third kappa shape index (κ3) is 10.4. The number of hydrogen-bond acceptors (Lipinski definition) is 5. The van der Waals surface area contributed by atoms with Crippen LogP contribution < -0.4 is 5.32 Å². The Labute approximate surface area is 113 Å². The monoisotopic (exact) mass is 273 g/mol. The number of aliphatic hydroxyl groups excluding tert-OH is 1. The van der Waals surface area contributed by atoms with E-state index >= 15 is 0 Å². The Morgan fingerprint density at radius 3 is 2.68 bits per heavy atom. The van der Waals surface area contributed by atoms with E-state index in [1.165, 1.54) is 0 Å². The Morgan fingerprint density at radius 2 is 2.21 bits per heavy atom. The molecular weight excluding hydrogens is 250 g/mol. The molecule has 0 aliphatic heterocycles. The molecule has 3 N–H and O–H groups in total. The predicted octanol–water partition coefficient (Wildman–Crippen LogP) is 0.557. The Morgan fingerprint density at radius 1 is 1.47 bits per heavy atom. The summed E-state index contributed by atoms with van der Waals surface area (Å²) in [4.78, 5) is 20.1. The highest BCUT2D eigenvalue weighted by Gasteiger charge is 2.13. The van der Waals surface area contributed by atoms with E-state index in [9.17, 15) is 9.59 Å². The second-order valence-electron chi connectivity index (χ2n) is 4.24. The maximum Gasteiger partial charge on any atom is 0.317 e. The first-order valence-corrected chi connectivity index (χ1v) is 6.34. The van der Waals surface area contributed by atoms with Gasteiger partial charge in [-0.25, -0.2) is 0 Å². The highest BCUT2D eigenvalue weighted by molar-refractivity contribution is 5.68. The summed E-state index contributed by atoms with van der Waals surface area (Å²) >= 11 is 0. The fourth-order valence-electron chi connectivity index (χ4n) is 1.70. The largest absolute Gasteiger partial charge is 0.480 e. The van der Waals surface area contributed by atoms with Gasteiger partial charge in [-0.3, -0.25) is 4.79 Å². The summed E-state index contributed by atoms with van der Waals surface area (Å²) in [6.07, 6.45) is 8.54. The number of carboxylic acids is 1. The van der Waals surface area contributed by atoms with Crippen molar-refractivity contribution in [3.63, 3.8) is 0 Å². The van der Waals surface area contributed by atoms with Gasteiger partial charge in [0, 0.05) is 5.92 Å². The van der Waals surface area contributed by atoms with Gasteiger partial charge < -0.3 is 25.1 Å². The molecule has 0 fully saturated rings. The Hall–Kier alpha value is -1.24. The standard InChI is InChI=1S/C10H16O3.C3H7NO2/c11-7-9-3-1-2-4-10(6-5-9)13-8-12;1-4-2-3(5)6/h2,4,7,9-10,12H,1,3,5-6,8H2;4H,2H2,1H3,(H,5,6)/b4-2+;. The Bertz CT molecular complexity index is 280. The van der Waals surface area contributed by atoms with Crippen molar-refractivity contribution >= 4 is 12.3 Å². The molecule has 0 saturated carbocycles. The fourth-order valence-corrected chi connectivity index (χ4v) is 1.70. The van der Waals surface area contributed by atoms with E-state index in [0.717, 1.165) is 32.0 Å². The van der Waals surface area contributed by atoms with Crippen LogP contribution in [0.2, 0.25) is 0 Å². The van der Waals surface area contributed by atoms with Crippen LogP contribution in [-0.4, -0.2) is 49.0 Å².